The molecule has 2 heterocycles. The summed E-state index contributed by atoms with van der Waals surface area (Å²) in [5, 5.41) is 11.5. The second kappa shape index (κ2) is 7.49. The van der Waals surface area contributed by atoms with E-state index in [9.17, 15) is 14.0 Å². The van der Waals surface area contributed by atoms with Crippen LogP contribution in [0.25, 0.3) is 0 Å². The molecule has 1 fully saturated rings. The summed E-state index contributed by atoms with van der Waals surface area (Å²) in [6.45, 7) is 4.37. The van der Waals surface area contributed by atoms with Crippen LogP contribution in [0, 0.1) is 11.7 Å². The SMILES string of the molecule is CC(C)Sc1nnc(NC(=O)[C@H]2CC(=O)N(c3ccc(F)cc3)C2)s1. The molecule has 0 radical (unpaired) electrons. The van der Waals surface area contributed by atoms with Crippen molar-refractivity contribution in [2.45, 2.75) is 29.9 Å². The molecule has 2 aromatic rings. The average molecular weight is 380 g/mol. The number of nitrogens with one attached hydrogen (secondary N) is 1. The van der Waals surface area contributed by atoms with Crippen LogP contribution in [0.4, 0.5) is 15.2 Å². The summed E-state index contributed by atoms with van der Waals surface area (Å²) in [6, 6.07) is 5.66. The largest absolute Gasteiger partial charge is 0.312 e. The molecular formula is C16H17FN4O2S2. The number of carbonyl (C=O) groups excluding carboxylic acids is 2. The molecule has 132 valence electrons. The summed E-state index contributed by atoms with van der Waals surface area (Å²) >= 11 is 2.89. The summed E-state index contributed by atoms with van der Waals surface area (Å²) in [5.74, 6) is -1.24. The van der Waals surface area contributed by atoms with Crippen molar-refractivity contribution in [2.24, 2.45) is 5.92 Å². The molecule has 0 spiro atoms. The van der Waals surface area contributed by atoms with Crippen LogP contribution in [0.15, 0.2) is 28.6 Å². The molecule has 6 nitrogen and oxygen atoms in total. The Morgan fingerprint density at radius 1 is 1.36 bits per heavy atom. The number of hydrogen-bond acceptors (Lipinski definition) is 6. The molecular weight excluding hydrogens is 363 g/mol. The van der Waals surface area contributed by atoms with Crippen molar-refractivity contribution in [3.8, 4) is 0 Å². The number of thioether (sulfide) groups is 1. The molecule has 1 aromatic heterocycles. The molecule has 25 heavy (non-hydrogen) atoms. The lowest BCUT2D eigenvalue weighted by Crippen LogP contribution is -2.28. The summed E-state index contributed by atoms with van der Waals surface area (Å²) in [7, 11) is 0. The Hall–Kier alpha value is -2.00. The van der Waals surface area contributed by atoms with Crippen molar-refractivity contribution >= 4 is 45.7 Å². The van der Waals surface area contributed by atoms with Gasteiger partial charge >= 0.3 is 0 Å². The summed E-state index contributed by atoms with van der Waals surface area (Å²) in [5.41, 5.74) is 0.591. The maximum Gasteiger partial charge on any atom is 0.231 e. The van der Waals surface area contributed by atoms with E-state index >= 15 is 0 Å². The molecule has 0 aliphatic carbocycles. The van der Waals surface area contributed by atoms with E-state index in [1.807, 2.05) is 0 Å². The number of amides is 2. The normalized spacial score (nSPS) is 17.4. The minimum Gasteiger partial charge on any atom is -0.312 e. The molecule has 1 aliphatic rings. The lowest BCUT2D eigenvalue weighted by atomic mass is 10.1. The molecule has 3 rings (SSSR count). The third-order valence-corrected chi connectivity index (χ3v) is 5.53. The molecule has 9 heteroatoms. The number of benzene rings is 1. The maximum atomic E-state index is 13.0. The molecule has 1 aliphatic heterocycles. The van der Waals surface area contributed by atoms with Gasteiger partial charge in [-0.25, -0.2) is 4.39 Å². The van der Waals surface area contributed by atoms with Gasteiger partial charge in [-0.3, -0.25) is 9.59 Å². The van der Waals surface area contributed by atoms with E-state index in [-0.39, 0.29) is 30.6 Å². The zero-order valence-corrected chi connectivity index (χ0v) is 15.4. The van der Waals surface area contributed by atoms with Crippen LogP contribution in [0.3, 0.4) is 0 Å². The fraction of sp³-hybridized carbons (Fsp3) is 0.375. The fourth-order valence-electron chi connectivity index (χ4n) is 2.47. The molecule has 1 saturated heterocycles. The molecule has 2 amide bonds. The number of aromatic nitrogens is 2. The minimum absolute atomic E-state index is 0.121. The first-order valence-corrected chi connectivity index (χ1v) is 9.49. The Labute approximate surface area is 152 Å². The van der Waals surface area contributed by atoms with Crippen molar-refractivity contribution in [3.63, 3.8) is 0 Å². The first-order chi connectivity index (χ1) is 11.9. The number of rotatable bonds is 5. The molecule has 1 atom stereocenters. The van der Waals surface area contributed by atoms with Gasteiger partial charge in [-0.2, -0.15) is 0 Å². The van der Waals surface area contributed by atoms with Gasteiger partial charge in [0.05, 0.1) is 5.92 Å². The van der Waals surface area contributed by atoms with Gasteiger partial charge in [0, 0.05) is 23.9 Å². The van der Waals surface area contributed by atoms with Gasteiger partial charge in [-0.15, -0.1) is 10.2 Å². The Kier molecular flexibility index (Phi) is 5.33. The molecule has 0 unspecified atom stereocenters. The molecule has 0 bridgehead atoms. The Bertz CT molecular complexity index is 779. The van der Waals surface area contributed by atoms with Crippen molar-refractivity contribution in [1.29, 1.82) is 0 Å². The van der Waals surface area contributed by atoms with Gasteiger partial charge < -0.3 is 10.2 Å². The number of hydrogen-bond donors (Lipinski definition) is 1. The molecule has 1 aromatic carbocycles. The van der Waals surface area contributed by atoms with Gasteiger partial charge in [-0.1, -0.05) is 36.9 Å². The number of nitrogens with zero attached hydrogens (tertiary/aromatic N) is 3. The van der Waals surface area contributed by atoms with Crippen molar-refractivity contribution < 1.29 is 14.0 Å². The van der Waals surface area contributed by atoms with E-state index in [1.165, 1.54) is 40.5 Å². The van der Waals surface area contributed by atoms with E-state index in [1.54, 1.807) is 11.8 Å². The molecule has 1 N–H and O–H groups in total. The number of anilines is 2. The standard InChI is InChI=1S/C16H17FN4O2S2/c1-9(2)24-16-20-19-15(25-16)18-14(23)10-7-13(22)21(8-10)12-5-3-11(17)4-6-12/h3-6,9-10H,7-8H2,1-2H3,(H,18,19,23)/t10-/m0/s1. The van der Waals surface area contributed by atoms with Crippen molar-refractivity contribution in [3.05, 3.63) is 30.1 Å². The van der Waals surface area contributed by atoms with Gasteiger partial charge in [0.2, 0.25) is 16.9 Å². The number of carbonyl (C=O) groups is 2. The lowest BCUT2D eigenvalue weighted by Gasteiger charge is -2.16. The third-order valence-electron chi connectivity index (χ3n) is 3.61. The predicted octanol–water partition coefficient (Wildman–Crippen LogP) is 3.17. The van der Waals surface area contributed by atoms with E-state index in [2.05, 4.69) is 29.4 Å². The van der Waals surface area contributed by atoms with Crippen LogP contribution in [0.1, 0.15) is 20.3 Å². The van der Waals surface area contributed by atoms with Gasteiger partial charge in [-0.05, 0) is 24.3 Å². The lowest BCUT2D eigenvalue weighted by molar-refractivity contribution is -0.122. The Morgan fingerprint density at radius 2 is 2.08 bits per heavy atom. The van der Waals surface area contributed by atoms with E-state index < -0.39 is 5.92 Å². The van der Waals surface area contributed by atoms with Crippen molar-refractivity contribution in [2.75, 3.05) is 16.8 Å². The van der Waals surface area contributed by atoms with E-state index in [0.29, 0.717) is 16.1 Å². The monoisotopic (exact) mass is 380 g/mol. The second-order valence-electron chi connectivity index (χ2n) is 5.91. The Morgan fingerprint density at radius 3 is 2.76 bits per heavy atom. The third kappa shape index (κ3) is 4.35. The van der Waals surface area contributed by atoms with Gasteiger partial charge in [0.25, 0.3) is 0 Å². The zero-order valence-electron chi connectivity index (χ0n) is 13.7. The van der Waals surface area contributed by atoms with Crippen LogP contribution in [0.5, 0.6) is 0 Å². The minimum atomic E-state index is -0.470. The quantitative estimate of drug-likeness (QED) is 0.637. The van der Waals surface area contributed by atoms with E-state index in [4.69, 9.17) is 0 Å². The number of halogens is 1. The summed E-state index contributed by atoms with van der Waals surface area (Å²) in [6.07, 6.45) is 0.121. The highest BCUT2D eigenvalue weighted by Crippen LogP contribution is 2.30. The maximum absolute atomic E-state index is 13.0. The fourth-order valence-corrected chi connectivity index (χ4v) is 4.45. The van der Waals surface area contributed by atoms with Gasteiger partial charge in [0.15, 0.2) is 4.34 Å². The highest BCUT2D eigenvalue weighted by Gasteiger charge is 2.35. The zero-order chi connectivity index (χ0) is 18.0. The van der Waals surface area contributed by atoms with Crippen LogP contribution < -0.4 is 10.2 Å². The predicted molar refractivity (Wildman–Crippen MR) is 96.4 cm³/mol. The topological polar surface area (TPSA) is 75.2 Å². The average Bonchev–Trinajstić information content (AvgIpc) is 3.14. The van der Waals surface area contributed by atoms with Crippen LogP contribution in [0.2, 0.25) is 0 Å². The summed E-state index contributed by atoms with van der Waals surface area (Å²) in [4.78, 5) is 26.1. The van der Waals surface area contributed by atoms with Crippen LogP contribution in [-0.2, 0) is 9.59 Å². The first-order valence-electron chi connectivity index (χ1n) is 7.79. The smallest absolute Gasteiger partial charge is 0.231 e. The highest BCUT2D eigenvalue weighted by molar-refractivity contribution is 8.01. The van der Waals surface area contributed by atoms with Crippen LogP contribution >= 0.6 is 23.1 Å². The first kappa shape index (κ1) is 17.8. The van der Waals surface area contributed by atoms with Crippen molar-refractivity contribution in [1.82, 2.24) is 10.2 Å². The van der Waals surface area contributed by atoms with E-state index in [0.717, 1.165) is 4.34 Å². The summed E-state index contributed by atoms with van der Waals surface area (Å²) < 4.78 is 13.8. The van der Waals surface area contributed by atoms with Crippen LogP contribution in [-0.4, -0.2) is 33.8 Å². The van der Waals surface area contributed by atoms with Gasteiger partial charge in [0.1, 0.15) is 5.82 Å². The molecule has 0 saturated carbocycles. The highest BCUT2D eigenvalue weighted by atomic mass is 32.2. The second-order valence-corrected chi connectivity index (χ2v) is 8.71. The Balaban J connectivity index is 1.62.